The Morgan fingerprint density at radius 3 is 3.00 bits per heavy atom. The van der Waals surface area contributed by atoms with Gasteiger partial charge in [-0.1, -0.05) is 12.1 Å². The lowest BCUT2D eigenvalue weighted by atomic mass is 9.97. The number of methoxy groups -OCH3 is 1. The molecule has 1 heterocycles. The standard InChI is InChI=1S/C10H20N2O2/c1-9-8-12(5-3-7-14-2)6-4-10(9)11-13/h9,13H,3-8H2,1-2H3. The van der Waals surface area contributed by atoms with Crippen molar-refractivity contribution in [2.24, 2.45) is 11.1 Å². The van der Waals surface area contributed by atoms with Crippen LogP contribution < -0.4 is 0 Å². The molecule has 4 heteroatoms. The van der Waals surface area contributed by atoms with Crippen molar-refractivity contribution in [3.05, 3.63) is 0 Å². The molecule has 1 atom stereocenters. The first-order valence-electron chi connectivity index (χ1n) is 5.20. The van der Waals surface area contributed by atoms with Gasteiger partial charge in [-0.05, 0) is 6.42 Å². The number of rotatable bonds is 4. The van der Waals surface area contributed by atoms with Gasteiger partial charge in [-0.25, -0.2) is 0 Å². The van der Waals surface area contributed by atoms with Crippen LogP contribution in [-0.2, 0) is 4.74 Å². The SMILES string of the molecule is COCCCN1CCC(=NO)C(C)C1. The number of piperidine rings is 1. The smallest absolute Gasteiger partial charge is 0.0624 e. The van der Waals surface area contributed by atoms with E-state index in [0.29, 0.717) is 5.92 Å². The molecule has 82 valence electrons. The summed E-state index contributed by atoms with van der Waals surface area (Å²) in [7, 11) is 1.73. The second-order valence-corrected chi connectivity index (χ2v) is 3.89. The van der Waals surface area contributed by atoms with Crippen LogP contribution >= 0.6 is 0 Å². The second-order valence-electron chi connectivity index (χ2n) is 3.89. The van der Waals surface area contributed by atoms with Gasteiger partial charge in [0, 0.05) is 45.7 Å². The summed E-state index contributed by atoms with van der Waals surface area (Å²) in [4.78, 5) is 2.40. The zero-order valence-corrected chi connectivity index (χ0v) is 9.07. The van der Waals surface area contributed by atoms with Crippen molar-refractivity contribution in [1.29, 1.82) is 0 Å². The molecule has 1 aliphatic heterocycles. The Morgan fingerprint density at radius 2 is 2.43 bits per heavy atom. The van der Waals surface area contributed by atoms with E-state index in [1.54, 1.807) is 7.11 Å². The van der Waals surface area contributed by atoms with Gasteiger partial charge in [0.15, 0.2) is 0 Å². The number of ether oxygens (including phenoxy) is 1. The topological polar surface area (TPSA) is 45.1 Å². The molecule has 1 N–H and O–H groups in total. The van der Waals surface area contributed by atoms with Gasteiger partial charge >= 0.3 is 0 Å². The Bertz CT molecular complexity index is 195. The van der Waals surface area contributed by atoms with E-state index in [9.17, 15) is 0 Å². The van der Waals surface area contributed by atoms with Crippen molar-refractivity contribution in [2.45, 2.75) is 19.8 Å². The molecule has 1 saturated heterocycles. The molecule has 4 nitrogen and oxygen atoms in total. The highest BCUT2D eigenvalue weighted by molar-refractivity contribution is 5.86. The van der Waals surface area contributed by atoms with Crippen molar-refractivity contribution in [2.75, 3.05) is 33.4 Å². The van der Waals surface area contributed by atoms with Crippen molar-refractivity contribution in [3.63, 3.8) is 0 Å². The second kappa shape index (κ2) is 5.98. The summed E-state index contributed by atoms with van der Waals surface area (Å²) in [6.07, 6.45) is 1.97. The van der Waals surface area contributed by atoms with Crippen LogP contribution in [0.4, 0.5) is 0 Å². The molecule has 0 aliphatic carbocycles. The van der Waals surface area contributed by atoms with Crippen molar-refractivity contribution < 1.29 is 9.94 Å². The van der Waals surface area contributed by atoms with Gasteiger partial charge in [0.1, 0.15) is 0 Å². The summed E-state index contributed by atoms with van der Waals surface area (Å²) in [6.45, 7) is 6.02. The first kappa shape index (κ1) is 11.5. The summed E-state index contributed by atoms with van der Waals surface area (Å²) < 4.78 is 5.01. The third kappa shape index (κ3) is 3.27. The fraction of sp³-hybridized carbons (Fsp3) is 0.900. The van der Waals surface area contributed by atoms with Crippen LogP contribution in [0.1, 0.15) is 19.8 Å². The molecular weight excluding hydrogens is 180 g/mol. The summed E-state index contributed by atoms with van der Waals surface area (Å²) in [5.74, 6) is 0.385. The molecule has 1 rings (SSSR count). The molecular formula is C10H20N2O2. The van der Waals surface area contributed by atoms with Crippen LogP contribution in [0.2, 0.25) is 0 Å². The average Bonchev–Trinajstić information content (AvgIpc) is 2.18. The third-order valence-electron chi connectivity index (χ3n) is 2.74. The van der Waals surface area contributed by atoms with Crippen LogP contribution in [0.25, 0.3) is 0 Å². The molecule has 14 heavy (non-hydrogen) atoms. The van der Waals surface area contributed by atoms with Crippen molar-refractivity contribution >= 4 is 5.71 Å². The Balaban J connectivity index is 2.25. The summed E-state index contributed by atoms with van der Waals surface area (Å²) in [5, 5.41) is 12.0. The maximum absolute atomic E-state index is 8.71. The monoisotopic (exact) mass is 200 g/mol. The molecule has 0 amide bonds. The Labute approximate surface area is 85.5 Å². The lowest BCUT2D eigenvalue weighted by molar-refractivity contribution is 0.165. The zero-order valence-electron chi connectivity index (χ0n) is 9.07. The van der Waals surface area contributed by atoms with E-state index < -0.39 is 0 Å². The summed E-state index contributed by atoms with van der Waals surface area (Å²) in [6, 6.07) is 0. The molecule has 1 aliphatic rings. The van der Waals surface area contributed by atoms with Gasteiger partial charge in [0.2, 0.25) is 0 Å². The van der Waals surface area contributed by atoms with E-state index in [4.69, 9.17) is 9.94 Å². The zero-order chi connectivity index (χ0) is 10.4. The minimum Gasteiger partial charge on any atom is -0.411 e. The first-order valence-corrected chi connectivity index (χ1v) is 5.20. The predicted molar refractivity (Wildman–Crippen MR) is 55.9 cm³/mol. The third-order valence-corrected chi connectivity index (χ3v) is 2.74. The summed E-state index contributed by atoms with van der Waals surface area (Å²) >= 11 is 0. The van der Waals surface area contributed by atoms with Gasteiger partial charge in [-0.15, -0.1) is 0 Å². The van der Waals surface area contributed by atoms with Gasteiger partial charge in [0.05, 0.1) is 5.71 Å². The summed E-state index contributed by atoms with van der Waals surface area (Å²) in [5.41, 5.74) is 0.938. The number of nitrogens with zero attached hydrogens (tertiary/aromatic N) is 2. The number of hydrogen-bond acceptors (Lipinski definition) is 4. The quantitative estimate of drug-likeness (QED) is 0.421. The van der Waals surface area contributed by atoms with Crippen LogP contribution in [0.3, 0.4) is 0 Å². The van der Waals surface area contributed by atoms with Gasteiger partial charge in [-0.3, -0.25) is 0 Å². The lowest BCUT2D eigenvalue weighted by Crippen LogP contribution is -2.40. The number of hydrogen-bond donors (Lipinski definition) is 1. The highest BCUT2D eigenvalue weighted by Crippen LogP contribution is 2.13. The average molecular weight is 200 g/mol. The lowest BCUT2D eigenvalue weighted by Gasteiger charge is -2.31. The predicted octanol–water partition coefficient (Wildman–Crippen LogP) is 1.19. The molecule has 1 unspecified atom stereocenters. The number of likely N-dealkylation sites (tertiary alicyclic amines) is 1. The van der Waals surface area contributed by atoms with E-state index in [1.807, 2.05) is 0 Å². The van der Waals surface area contributed by atoms with Crippen molar-refractivity contribution in [1.82, 2.24) is 4.90 Å². The van der Waals surface area contributed by atoms with Gasteiger partial charge in [-0.2, -0.15) is 0 Å². The van der Waals surface area contributed by atoms with Crippen LogP contribution in [0.5, 0.6) is 0 Å². The van der Waals surface area contributed by atoms with E-state index in [2.05, 4.69) is 17.0 Å². The van der Waals surface area contributed by atoms with E-state index >= 15 is 0 Å². The molecule has 0 spiro atoms. The largest absolute Gasteiger partial charge is 0.411 e. The molecule has 0 bridgehead atoms. The molecule has 0 aromatic carbocycles. The van der Waals surface area contributed by atoms with Crippen LogP contribution in [0, 0.1) is 5.92 Å². The molecule has 0 aromatic heterocycles. The van der Waals surface area contributed by atoms with Crippen LogP contribution in [-0.4, -0.2) is 49.2 Å². The maximum atomic E-state index is 8.71. The Kier molecular flexibility index (Phi) is 4.90. The minimum absolute atomic E-state index is 0.385. The van der Waals surface area contributed by atoms with Crippen molar-refractivity contribution in [3.8, 4) is 0 Å². The van der Waals surface area contributed by atoms with Crippen LogP contribution in [0.15, 0.2) is 5.16 Å². The molecule has 0 saturated carbocycles. The fourth-order valence-corrected chi connectivity index (χ4v) is 1.89. The normalized spacial score (nSPS) is 27.0. The minimum atomic E-state index is 0.385. The Morgan fingerprint density at radius 1 is 1.64 bits per heavy atom. The maximum Gasteiger partial charge on any atom is 0.0624 e. The van der Waals surface area contributed by atoms with Gasteiger partial charge < -0.3 is 14.8 Å². The van der Waals surface area contributed by atoms with E-state index in [-0.39, 0.29) is 0 Å². The van der Waals surface area contributed by atoms with E-state index in [0.717, 1.165) is 44.8 Å². The Hall–Kier alpha value is -0.610. The molecule has 0 radical (unpaired) electrons. The van der Waals surface area contributed by atoms with E-state index in [1.165, 1.54) is 0 Å². The van der Waals surface area contributed by atoms with Gasteiger partial charge in [0.25, 0.3) is 0 Å². The first-order chi connectivity index (χ1) is 6.77. The fourth-order valence-electron chi connectivity index (χ4n) is 1.89. The highest BCUT2D eigenvalue weighted by Gasteiger charge is 2.21. The molecule has 0 aromatic rings. The number of oxime groups is 1. The highest BCUT2D eigenvalue weighted by atomic mass is 16.5. The molecule has 1 fully saturated rings.